The highest BCUT2D eigenvalue weighted by Crippen LogP contribution is 2.21. The van der Waals surface area contributed by atoms with Gasteiger partial charge in [-0.1, -0.05) is 22.0 Å². The van der Waals surface area contributed by atoms with Crippen molar-refractivity contribution in [3.8, 4) is 5.75 Å². The van der Waals surface area contributed by atoms with Gasteiger partial charge in [-0.3, -0.25) is 13.9 Å². The van der Waals surface area contributed by atoms with E-state index in [0.717, 1.165) is 10.6 Å². The van der Waals surface area contributed by atoms with Gasteiger partial charge in [-0.25, -0.2) is 13.8 Å². The van der Waals surface area contributed by atoms with Crippen LogP contribution in [-0.4, -0.2) is 39.3 Å². The van der Waals surface area contributed by atoms with Crippen molar-refractivity contribution in [3.63, 3.8) is 0 Å². The van der Waals surface area contributed by atoms with E-state index < -0.39 is 28.4 Å². The predicted molar refractivity (Wildman–Crippen MR) is 110 cm³/mol. The SMILES string of the molecule is CC(=O)Oc1ccc(/C=N\NC(=O)CN(c2cccc(Br)c2)S(C)(=O)=O)cc1. The Morgan fingerprint density at radius 1 is 1.21 bits per heavy atom. The summed E-state index contributed by atoms with van der Waals surface area (Å²) in [7, 11) is -3.66. The summed E-state index contributed by atoms with van der Waals surface area (Å²) in [5, 5.41) is 3.82. The number of sulfonamides is 1. The smallest absolute Gasteiger partial charge is 0.308 e. The number of hydrogen-bond acceptors (Lipinski definition) is 6. The first-order valence-electron chi connectivity index (χ1n) is 7.99. The minimum absolute atomic E-state index is 0.358. The second kappa shape index (κ2) is 9.47. The summed E-state index contributed by atoms with van der Waals surface area (Å²) in [6.07, 6.45) is 2.41. The maximum Gasteiger partial charge on any atom is 0.308 e. The lowest BCUT2D eigenvalue weighted by atomic mass is 10.2. The molecule has 2 rings (SSSR count). The van der Waals surface area contributed by atoms with Crippen LogP contribution in [0.2, 0.25) is 0 Å². The average Bonchev–Trinajstić information content (AvgIpc) is 2.60. The number of rotatable bonds is 7. The molecule has 2 aromatic rings. The van der Waals surface area contributed by atoms with Gasteiger partial charge in [0.25, 0.3) is 5.91 Å². The third-order valence-corrected chi connectivity index (χ3v) is 4.96. The molecular formula is C18H18BrN3O5S. The van der Waals surface area contributed by atoms with Crippen molar-refractivity contribution >= 4 is 49.7 Å². The van der Waals surface area contributed by atoms with Gasteiger partial charge in [0.1, 0.15) is 12.3 Å². The molecule has 10 heteroatoms. The van der Waals surface area contributed by atoms with E-state index >= 15 is 0 Å². The molecule has 0 radical (unpaired) electrons. The van der Waals surface area contributed by atoms with Crippen LogP contribution in [0.4, 0.5) is 5.69 Å². The minimum atomic E-state index is -3.66. The summed E-state index contributed by atoms with van der Waals surface area (Å²) in [5.41, 5.74) is 3.31. The second-order valence-corrected chi connectivity index (χ2v) is 8.53. The Morgan fingerprint density at radius 3 is 2.46 bits per heavy atom. The topological polar surface area (TPSA) is 105 Å². The Kier molecular flexibility index (Phi) is 7.30. The molecular weight excluding hydrogens is 450 g/mol. The first-order valence-corrected chi connectivity index (χ1v) is 10.6. The van der Waals surface area contributed by atoms with Crippen LogP contribution in [0.5, 0.6) is 5.75 Å². The van der Waals surface area contributed by atoms with E-state index in [2.05, 4.69) is 26.5 Å². The van der Waals surface area contributed by atoms with Gasteiger partial charge in [-0.05, 0) is 48.0 Å². The van der Waals surface area contributed by atoms with Crippen LogP contribution >= 0.6 is 15.9 Å². The van der Waals surface area contributed by atoms with Crippen LogP contribution in [-0.2, 0) is 19.6 Å². The number of anilines is 1. The summed E-state index contributed by atoms with van der Waals surface area (Å²) in [6.45, 7) is 0.886. The van der Waals surface area contributed by atoms with E-state index in [4.69, 9.17) is 4.74 Å². The highest BCUT2D eigenvalue weighted by atomic mass is 79.9. The highest BCUT2D eigenvalue weighted by molar-refractivity contribution is 9.10. The summed E-state index contributed by atoms with van der Waals surface area (Å²) in [4.78, 5) is 23.0. The molecule has 0 heterocycles. The summed E-state index contributed by atoms with van der Waals surface area (Å²) < 4.78 is 30.7. The molecule has 0 atom stereocenters. The molecule has 0 fully saturated rings. The zero-order chi connectivity index (χ0) is 20.7. The number of esters is 1. The van der Waals surface area contributed by atoms with Gasteiger partial charge in [-0.2, -0.15) is 5.10 Å². The zero-order valence-corrected chi connectivity index (χ0v) is 17.5. The molecule has 0 aliphatic carbocycles. The quantitative estimate of drug-likeness (QED) is 0.291. The van der Waals surface area contributed by atoms with Crippen molar-refractivity contribution < 1.29 is 22.7 Å². The molecule has 0 aliphatic heterocycles. The zero-order valence-electron chi connectivity index (χ0n) is 15.1. The third kappa shape index (κ3) is 6.78. The number of amides is 1. The number of hydrazone groups is 1. The number of hydrogen-bond donors (Lipinski definition) is 1. The van der Waals surface area contributed by atoms with Crippen LogP contribution in [0, 0.1) is 0 Å². The molecule has 0 unspecified atom stereocenters. The van der Waals surface area contributed by atoms with Crippen LogP contribution < -0.4 is 14.5 Å². The molecule has 0 aromatic heterocycles. The summed E-state index contributed by atoms with van der Waals surface area (Å²) >= 11 is 3.28. The fourth-order valence-corrected chi connectivity index (χ4v) is 3.40. The largest absolute Gasteiger partial charge is 0.427 e. The molecule has 2 aromatic carbocycles. The number of carbonyl (C=O) groups is 2. The van der Waals surface area contributed by atoms with Crippen molar-refractivity contribution in [1.82, 2.24) is 5.43 Å². The molecule has 0 aliphatic rings. The molecule has 0 saturated carbocycles. The van der Waals surface area contributed by atoms with Crippen LogP contribution in [0.15, 0.2) is 58.1 Å². The third-order valence-electron chi connectivity index (χ3n) is 3.33. The van der Waals surface area contributed by atoms with Gasteiger partial charge in [0.2, 0.25) is 10.0 Å². The lowest BCUT2D eigenvalue weighted by Gasteiger charge is -2.21. The number of nitrogens with one attached hydrogen (secondary N) is 1. The van der Waals surface area contributed by atoms with E-state index in [1.165, 1.54) is 13.1 Å². The van der Waals surface area contributed by atoms with Gasteiger partial charge in [0.15, 0.2) is 0 Å². The molecule has 0 bridgehead atoms. The lowest BCUT2D eigenvalue weighted by molar-refractivity contribution is -0.131. The number of carbonyl (C=O) groups excluding carboxylic acids is 2. The van der Waals surface area contributed by atoms with Crippen molar-refractivity contribution in [3.05, 3.63) is 58.6 Å². The standard InChI is InChI=1S/C18H18BrN3O5S/c1-13(23)27-17-8-6-14(7-9-17)11-20-21-18(24)12-22(28(2,25)26)16-5-3-4-15(19)10-16/h3-11H,12H2,1-2H3,(H,21,24)/b20-11-. The lowest BCUT2D eigenvalue weighted by Crippen LogP contribution is -2.39. The van der Waals surface area contributed by atoms with Gasteiger partial charge in [0.05, 0.1) is 18.2 Å². The maximum absolute atomic E-state index is 12.1. The predicted octanol–water partition coefficient (Wildman–Crippen LogP) is 2.29. The number of nitrogens with zero attached hydrogens (tertiary/aromatic N) is 2. The molecule has 0 saturated heterocycles. The van der Waals surface area contributed by atoms with Crippen LogP contribution in [0.25, 0.3) is 0 Å². The fourth-order valence-electron chi connectivity index (χ4n) is 2.16. The minimum Gasteiger partial charge on any atom is -0.427 e. The molecule has 8 nitrogen and oxygen atoms in total. The van der Waals surface area contributed by atoms with E-state index in [1.54, 1.807) is 48.5 Å². The van der Waals surface area contributed by atoms with Crippen LogP contribution in [0.3, 0.4) is 0 Å². The second-order valence-electron chi connectivity index (χ2n) is 5.71. The average molecular weight is 468 g/mol. The summed E-state index contributed by atoms with van der Waals surface area (Å²) in [6, 6.07) is 13.1. The Hall–Kier alpha value is -2.72. The molecule has 148 valence electrons. The van der Waals surface area contributed by atoms with Gasteiger partial charge < -0.3 is 4.74 Å². The first kappa shape index (κ1) is 21.6. The van der Waals surface area contributed by atoms with Gasteiger partial charge in [0, 0.05) is 11.4 Å². The maximum atomic E-state index is 12.1. The summed E-state index contributed by atoms with van der Waals surface area (Å²) in [5.74, 6) is -0.626. The molecule has 28 heavy (non-hydrogen) atoms. The van der Waals surface area contributed by atoms with Crippen LogP contribution in [0.1, 0.15) is 12.5 Å². The van der Waals surface area contributed by atoms with E-state index in [0.29, 0.717) is 21.5 Å². The number of halogens is 1. The van der Waals surface area contributed by atoms with Gasteiger partial charge in [-0.15, -0.1) is 0 Å². The van der Waals surface area contributed by atoms with Crippen molar-refractivity contribution in [2.24, 2.45) is 5.10 Å². The Labute approximate surface area is 171 Å². The Bertz CT molecular complexity index is 991. The first-order chi connectivity index (χ1) is 13.1. The van der Waals surface area contributed by atoms with Crippen molar-refractivity contribution in [2.45, 2.75) is 6.92 Å². The fraction of sp³-hybridized carbons (Fsp3) is 0.167. The van der Waals surface area contributed by atoms with E-state index in [1.807, 2.05) is 0 Å². The van der Waals surface area contributed by atoms with Crippen molar-refractivity contribution in [2.75, 3.05) is 17.1 Å². The Morgan fingerprint density at radius 2 is 1.89 bits per heavy atom. The normalized spacial score (nSPS) is 11.2. The monoisotopic (exact) mass is 467 g/mol. The number of ether oxygens (including phenoxy) is 1. The van der Waals surface area contributed by atoms with Crippen molar-refractivity contribution in [1.29, 1.82) is 0 Å². The van der Waals surface area contributed by atoms with Gasteiger partial charge >= 0.3 is 5.97 Å². The molecule has 1 amide bonds. The van der Waals surface area contributed by atoms with E-state index in [9.17, 15) is 18.0 Å². The van der Waals surface area contributed by atoms with E-state index in [-0.39, 0.29) is 0 Å². The highest BCUT2D eigenvalue weighted by Gasteiger charge is 2.20. The molecule has 0 spiro atoms. The number of benzene rings is 2. The Balaban J connectivity index is 2.01. The molecule has 1 N–H and O–H groups in total.